The number of hydrogen-bond acceptors (Lipinski definition) is 4. The molecule has 0 unspecified atom stereocenters. The monoisotopic (exact) mass is 393 g/mol. The number of nitrogens with zero attached hydrogens (tertiary/aromatic N) is 2. The molecule has 0 aromatic heterocycles. The van der Waals surface area contributed by atoms with Crippen LogP contribution >= 0.6 is 0 Å². The van der Waals surface area contributed by atoms with E-state index in [1.54, 1.807) is 12.1 Å². The van der Waals surface area contributed by atoms with Crippen LogP contribution in [0.3, 0.4) is 0 Å². The van der Waals surface area contributed by atoms with Crippen LogP contribution in [0.5, 0.6) is 0 Å². The molecule has 3 rings (SSSR count). The Kier molecular flexibility index (Phi) is 6.55. The lowest BCUT2D eigenvalue weighted by Gasteiger charge is -2.34. The quantitative estimate of drug-likeness (QED) is 0.831. The van der Waals surface area contributed by atoms with Crippen LogP contribution in [-0.2, 0) is 14.8 Å². The van der Waals surface area contributed by atoms with Gasteiger partial charge >= 0.3 is 0 Å². The van der Waals surface area contributed by atoms with Crippen LogP contribution in [0.2, 0.25) is 0 Å². The van der Waals surface area contributed by atoms with E-state index < -0.39 is 10.0 Å². The molecule has 1 aliphatic heterocycles. The summed E-state index contributed by atoms with van der Waals surface area (Å²) in [5.74, 6) is 0.600. The second kappa shape index (κ2) is 8.71. The molecule has 0 radical (unpaired) electrons. The standard InChI is InChI=1S/C20H31N3O3S/c1-16-7-9-18(10-8-16)27(25,26)23-13-11-22(12-14-23)15-20(24)21-19-6-4-3-5-17(19)2/h7-10,17,19H,3-6,11-15H2,1-2H3,(H,21,24)/t17-,19-/m1/s1. The van der Waals surface area contributed by atoms with E-state index in [-0.39, 0.29) is 11.9 Å². The van der Waals surface area contributed by atoms with Crippen molar-refractivity contribution in [3.05, 3.63) is 29.8 Å². The maximum Gasteiger partial charge on any atom is 0.243 e. The molecule has 0 bridgehead atoms. The molecule has 0 spiro atoms. The Balaban J connectivity index is 1.49. The van der Waals surface area contributed by atoms with Crippen molar-refractivity contribution in [2.24, 2.45) is 5.92 Å². The summed E-state index contributed by atoms with van der Waals surface area (Å²) in [6.45, 7) is 6.50. The Hall–Kier alpha value is -1.44. The summed E-state index contributed by atoms with van der Waals surface area (Å²) >= 11 is 0. The van der Waals surface area contributed by atoms with Crippen molar-refractivity contribution in [2.45, 2.75) is 50.5 Å². The summed E-state index contributed by atoms with van der Waals surface area (Å²) in [4.78, 5) is 14.8. The van der Waals surface area contributed by atoms with Crippen molar-refractivity contribution in [1.82, 2.24) is 14.5 Å². The zero-order valence-corrected chi connectivity index (χ0v) is 17.2. The topological polar surface area (TPSA) is 69.7 Å². The van der Waals surface area contributed by atoms with Crippen LogP contribution in [0.15, 0.2) is 29.2 Å². The van der Waals surface area contributed by atoms with E-state index in [1.165, 1.54) is 23.6 Å². The molecular formula is C20H31N3O3S. The fourth-order valence-electron chi connectivity index (χ4n) is 3.97. The molecule has 1 saturated carbocycles. The van der Waals surface area contributed by atoms with Gasteiger partial charge in [0.2, 0.25) is 15.9 Å². The molecule has 6 nitrogen and oxygen atoms in total. The Bertz CT molecular complexity index is 740. The lowest BCUT2D eigenvalue weighted by molar-refractivity contribution is -0.123. The number of benzene rings is 1. The maximum absolute atomic E-state index is 12.8. The predicted molar refractivity (Wildman–Crippen MR) is 106 cm³/mol. The first-order chi connectivity index (χ1) is 12.9. The van der Waals surface area contributed by atoms with Gasteiger partial charge in [-0.15, -0.1) is 0 Å². The summed E-state index contributed by atoms with van der Waals surface area (Å²) < 4.78 is 27.0. The third kappa shape index (κ3) is 5.09. The molecule has 150 valence electrons. The predicted octanol–water partition coefficient (Wildman–Crippen LogP) is 2.00. The molecule has 2 fully saturated rings. The first kappa shape index (κ1) is 20.3. The number of amides is 1. The molecule has 2 atom stereocenters. The van der Waals surface area contributed by atoms with Gasteiger partial charge in [0.15, 0.2) is 0 Å². The number of carbonyl (C=O) groups excluding carboxylic acids is 1. The van der Waals surface area contributed by atoms with Crippen LogP contribution in [0.4, 0.5) is 0 Å². The van der Waals surface area contributed by atoms with Crippen molar-refractivity contribution in [3.63, 3.8) is 0 Å². The first-order valence-corrected chi connectivity index (χ1v) is 11.4. The fraction of sp³-hybridized carbons (Fsp3) is 0.650. The van der Waals surface area contributed by atoms with Crippen molar-refractivity contribution in [2.75, 3.05) is 32.7 Å². The van der Waals surface area contributed by atoms with Crippen LogP contribution < -0.4 is 5.32 Å². The number of carbonyl (C=O) groups is 1. The van der Waals surface area contributed by atoms with E-state index >= 15 is 0 Å². The first-order valence-electron chi connectivity index (χ1n) is 9.95. The summed E-state index contributed by atoms with van der Waals surface area (Å²) in [6, 6.07) is 7.25. The average Bonchev–Trinajstić information content (AvgIpc) is 2.64. The molecule has 1 aromatic rings. The molecule has 1 heterocycles. The van der Waals surface area contributed by atoms with E-state index in [4.69, 9.17) is 0 Å². The van der Waals surface area contributed by atoms with Gasteiger partial charge in [0.05, 0.1) is 11.4 Å². The van der Waals surface area contributed by atoms with Gasteiger partial charge in [0.1, 0.15) is 0 Å². The summed E-state index contributed by atoms with van der Waals surface area (Å²) in [5, 5.41) is 3.18. The smallest absolute Gasteiger partial charge is 0.243 e. The minimum atomic E-state index is -3.45. The second-order valence-corrected chi connectivity index (χ2v) is 9.87. The lowest BCUT2D eigenvalue weighted by Crippen LogP contribution is -2.52. The highest BCUT2D eigenvalue weighted by atomic mass is 32.2. The fourth-order valence-corrected chi connectivity index (χ4v) is 5.40. The second-order valence-electron chi connectivity index (χ2n) is 7.93. The number of hydrogen-bond donors (Lipinski definition) is 1. The summed E-state index contributed by atoms with van der Waals surface area (Å²) in [6.07, 6.45) is 4.69. The van der Waals surface area contributed by atoms with Gasteiger partial charge in [0.25, 0.3) is 0 Å². The molecular weight excluding hydrogens is 362 g/mol. The van der Waals surface area contributed by atoms with E-state index in [0.29, 0.717) is 43.5 Å². The highest BCUT2D eigenvalue weighted by Crippen LogP contribution is 2.23. The third-order valence-electron chi connectivity index (χ3n) is 5.82. The van der Waals surface area contributed by atoms with Gasteiger partial charge in [-0.05, 0) is 37.8 Å². The average molecular weight is 394 g/mol. The van der Waals surface area contributed by atoms with Gasteiger partial charge in [0, 0.05) is 32.2 Å². The molecule has 1 N–H and O–H groups in total. The van der Waals surface area contributed by atoms with E-state index in [0.717, 1.165) is 12.0 Å². The Morgan fingerprint density at radius 3 is 2.33 bits per heavy atom. The van der Waals surface area contributed by atoms with Crippen LogP contribution in [0.25, 0.3) is 0 Å². The molecule has 1 saturated heterocycles. The molecule has 7 heteroatoms. The number of piperazine rings is 1. The van der Waals surface area contributed by atoms with E-state index in [9.17, 15) is 13.2 Å². The normalized spacial score (nSPS) is 25.3. The minimum absolute atomic E-state index is 0.0589. The Morgan fingerprint density at radius 2 is 1.70 bits per heavy atom. The van der Waals surface area contributed by atoms with Crippen LogP contribution in [-0.4, -0.2) is 62.3 Å². The third-order valence-corrected chi connectivity index (χ3v) is 7.73. The molecule has 1 aromatic carbocycles. The van der Waals surface area contributed by atoms with Gasteiger partial charge in [-0.25, -0.2) is 8.42 Å². The van der Waals surface area contributed by atoms with Gasteiger partial charge in [-0.1, -0.05) is 37.5 Å². The van der Waals surface area contributed by atoms with Gasteiger partial charge < -0.3 is 5.32 Å². The minimum Gasteiger partial charge on any atom is -0.352 e. The number of sulfonamides is 1. The maximum atomic E-state index is 12.8. The van der Waals surface area contributed by atoms with Crippen molar-refractivity contribution in [1.29, 1.82) is 0 Å². The summed E-state index contributed by atoms with van der Waals surface area (Å²) in [5.41, 5.74) is 1.04. The highest BCUT2D eigenvalue weighted by Gasteiger charge is 2.29. The molecule has 27 heavy (non-hydrogen) atoms. The van der Waals surface area contributed by atoms with Gasteiger partial charge in [-0.3, -0.25) is 9.69 Å². The molecule has 2 aliphatic rings. The van der Waals surface area contributed by atoms with Crippen molar-refractivity contribution in [3.8, 4) is 0 Å². The van der Waals surface area contributed by atoms with E-state index in [1.807, 2.05) is 24.0 Å². The Morgan fingerprint density at radius 1 is 1.07 bits per heavy atom. The SMILES string of the molecule is Cc1ccc(S(=O)(=O)N2CCN(CC(=O)N[C@@H]3CCCC[C@H]3C)CC2)cc1. The number of rotatable bonds is 5. The van der Waals surface area contributed by atoms with Crippen molar-refractivity contribution >= 4 is 15.9 Å². The van der Waals surface area contributed by atoms with E-state index in [2.05, 4.69) is 12.2 Å². The zero-order chi connectivity index (χ0) is 19.4. The van der Waals surface area contributed by atoms with Crippen molar-refractivity contribution < 1.29 is 13.2 Å². The van der Waals surface area contributed by atoms with Gasteiger partial charge in [-0.2, -0.15) is 4.31 Å². The zero-order valence-electron chi connectivity index (χ0n) is 16.4. The summed E-state index contributed by atoms with van der Waals surface area (Å²) in [7, 11) is -3.45. The van der Waals surface area contributed by atoms with Crippen LogP contribution in [0.1, 0.15) is 38.2 Å². The molecule has 1 aliphatic carbocycles. The lowest BCUT2D eigenvalue weighted by atomic mass is 9.86. The number of nitrogens with one attached hydrogen (secondary N) is 1. The van der Waals surface area contributed by atoms with Crippen LogP contribution in [0, 0.1) is 12.8 Å². The largest absolute Gasteiger partial charge is 0.352 e. The number of aryl methyl sites for hydroxylation is 1. The molecule has 1 amide bonds. The Labute approximate surface area is 163 Å². The highest BCUT2D eigenvalue weighted by molar-refractivity contribution is 7.89.